The summed E-state index contributed by atoms with van der Waals surface area (Å²) in [5, 5.41) is 4.26. The Hall–Kier alpha value is -1.29. The fraction of sp³-hybridized carbons (Fsp3) is 0.400. The van der Waals surface area contributed by atoms with E-state index in [9.17, 15) is 0 Å². The molecule has 0 spiro atoms. The van der Waals surface area contributed by atoms with Crippen LogP contribution >= 0.6 is 15.9 Å². The van der Waals surface area contributed by atoms with Crippen LogP contribution in [0.4, 0.5) is 5.82 Å². The second kappa shape index (κ2) is 5.00. The number of fused-ring (bicyclic) bond motifs is 1. The number of aromatic nitrogens is 1. The number of rotatable bonds is 2. The predicted octanol–water partition coefficient (Wildman–Crippen LogP) is 4.35. The third-order valence-corrected chi connectivity index (χ3v) is 3.85. The molecule has 0 unspecified atom stereocenters. The summed E-state index contributed by atoms with van der Waals surface area (Å²) >= 11 is 3.59. The SMILES string of the molecule is CNc1nc2c(OC)ccc(Br)c2cc1C(C)(C)C. The summed E-state index contributed by atoms with van der Waals surface area (Å²) in [7, 11) is 3.56. The molecule has 0 saturated carbocycles. The zero-order valence-electron chi connectivity index (χ0n) is 12.0. The maximum absolute atomic E-state index is 5.40. The van der Waals surface area contributed by atoms with Gasteiger partial charge in [-0.25, -0.2) is 4.98 Å². The highest BCUT2D eigenvalue weighted by atomic mass is 79.9. The van der Waals surface area contributed by atoms with E-state index >= 15 is 0 Å². The number of pyridine rings is 1. The van der Waals surface area contributed by atoms with Crippen molar-refractivity contribution in [2.24, 2.45) is 0 Å². The molecule has 0 saturated heterocycles. The molecule has 3 nitrogen and oxygen atoms in total. The maximum Gasteiger partial charge on any atom is 0.145 e. The van der Waals surface area contributed by atoms with Crippen LogP contribution in [0.1, 0.15) is 26.3 Å². The van der Waals surface area contributed by atoms with E-state index in [0.717, 1.165) is 26.9 Å². The molecule has 2 rings (SSSR count). The molecular weight excluding hydrogens is 304 g/mol. The lowest BCUT2D eigenvalue weighted by Gasteiger charge is -2.23. The number of halogens is 1. The van der Waals surface area contributed by atoms with E-state index in [1.807, 2.05) is 19.2 Å². The quantitative estimate of drug-likeness (QED) is 0.892. The zero-order chi connectivity index (χ0) is 14.2. The summed E-state index contributed by atoms with van der Waals surface area (Å²) in [6.07, 6.45) is 0. The first-order valence-electron chi connectivity index (χ1n) is 6.24. The Labute approximate surface area is 122 Å². The first kappa shape index (κ1) is 14.1. The highest BCUT2D eigenvalue weighted by Crippen LogP contribution is 2.36. The van der Waals surface area contributed by atoms with E-state index in [-0.39, 0.29) is 5.41 Å². The molecule has 0 amide bonds. The lowest BCUT2D eigenvalue weighted by atomic mass is 9.86. The Morgan fingerprint density at radius 1 is 1.26 bits per heavy atom. The fourth-order valence-electron chi connectivity index (χ4n) is 2.13. The van der Waals surface area contributed by atoms with E-state index in [4.69, 9.17) is 9.72 Å². The molecule has 4 heteroatoms. The van der Waals surface area contributed by atoms with Crippen LogP contribution in [0.5, 0.6) is 5.75 Å². The third kappa shape index (κ3) is 2.54. The molecule has 0 bridgehead atoms. The van der Waals surface area contributed by atoms with Crippen LogP contribution in [0.15, 0.2) is 22.7 Å². The molecule has 1 heterocycles. The fourth-order valence-corrected chi connectivity index (χ4v) is 2.56. The average Bonchev–Trinajstić information content (AvgIpc) is 2.37. The summed E-state index contributed by atoms with van der Waals surface area (Å²) < 4.78 is 6.43. The minimum atomic E-state index is 0.0298. The number of hydrogen-bond acceptors (Lipinski definition) is 3. The highest BCUT2D eigenvalue weighted by molar-refractivity contribution is 9.10. The van der Waals surface area contributed by atoms with E-state index in [1.54, 1.807) is 7.11 Å². The van der Waals surface area contributed by atoms with Gasteiger partial charge in [0.2, 0.25) is 0 Å². The average molecular weight is 323 g/mol. The normalized spacial score (nSPS) is 11.7. The van der Waals surface area contributed by atoms with Gasteiger partial charge in [-0.05, 0) is 23.6 Å². The van der Waals surface area contributed by atoms with Crippen molar-refractivity contribution >= 4 is 32.7 Å². The van der Waals surface area contributed by atoms with E-state index in [2.05, 4.69) is 48.1 Å². The molecule has 0 radical (unpaired) electrons. The van der Waals surface area contributed by atoms with Gasteiger partial charge in [0, 0.05) is 22.5 Å². The molecule has 0 aliphatic carbocycles. The Morgan fingerprint density at radius 2 is 1.95 bits per heavy atom. The monoisotopic (exact) mass is 322 g/mol. The van der Waals surface area contributed by atoms with Gasteiger partial charge in [-0.15, -0.1) is 0 Å². The second-order valence-corrected chi connectivity index (χ2v) is 6.38. The zero-order valence-corrected chi connectivity index (χ0v) is 13.6. The largest absolute Gasteiger partial charge is 0.494 e. The first-order chi connectivity index (χ1) is 8.88. The van der Waals surface area contributed by atoms with Crippen molar-refractivity contribution < 1.29 is 4.74 Å². The summed E-state index contributed by atoms with van der Waals surface area (Å²) in [5.74, 6) is 1.69. The van der Waals surface area contributed by atoms with Gasteiger partial charge < -0.3 is 10.1 Å². The molecule has 0 fully saturated rings. The van der Waals surface area contributed by atoms with E-state index in [1.165, 1.54) is 5.56 Å². The summed E-state index contributed by atoms with van der Waals surface area (Å²) in [4.78, 5) is 4.73. The first-order valence-corrected chi connectivity index (χ1v) is 7.03. The van der Waals surface area contributed by atoms with Gasteiger partial charge in [-0.2, -0.15) is 0 Å². The lowest BCUT2D eigenvalue weighted by molar-refractivity contribution is 0.419. The van der Waals surface area contributed by atoms with Crippen LogP contribution in [-0.4, -0.2) is 19.1 Å². The summed E-state index contributed by atoms with van der Waals surface area (Å²) in [5.41, 5.74) is 2.09. The molecule has 0 aliphatic heterocycles. The van der Waals surface area contributed by atoms with Gasteiger partial charge >= 0.3 is 0 Å². The van der Waals surface area contributed by atoms with Crippen molar-refractivity contribution in [3.8, 4) is 5.75 Å². The Morgan fingerprint density at radius 3 is 2.47 bits per heavy atom. The van der Waals surface area contributed by atoms with Crippen molar-refractivity contribution in [3.63, 3.8) is 0 Å². The second-order valence-electron chi connectivity index (χ2n) is 5.53. The lowest BCUT2D eigenvalue weighted by Crippen LogP contribution is -2.15. The van der Waals surface area contributed by atoms with E-state index in [0.29, 0.717) is 0 Å². The highest BCUT2D eigenvalue weighted by Gasteiger charge is 2.21. The maximum atomic E-state index is 5.40. The number of hydrogen-bond donors (Lipinski definition) is 1. The van der Waals surface area contributed by atoms with Gasteiger partial charge in [0.1, 0.15) is 17.1 Å². The van der Waals surface area contributed by atoms with Crippen LogP contribution in [-0.2, 0) is 5.41 Å². The van der Waals surface area contributed by atoms with Crippen LogP contribution in [0.2, 0.25) is 0 Å². The predicted molar refractivity (Wildman–Crippen MR) is 84.2 cm³/mol. The van der Waals surface area contributed by atoms with Crippen LogP contribution in [0, 0.1) is 0 Å². The van der Waals surface area contributed by atoms with Crippen LogP contribution in [0.3, 0.4) is 0 Å². The molecular formula is C15H19BrN2O. The van der Waals surface area contributed by atoms with Crippen LogP contribution < -0.4 is 10.1 Å². The molecule has 1 aromatic carbocycles. The third-order valence-electron chi connectivity index (χ3n) is 3.16. The van der Waals surface area contributed by atoms with Crippen molar-refractivity contribution in [1.29, 1.82) is 0 Å². The van der Waals surface area contributed by atoms with Gasteiger partial charge in [0.15, 0.2) is 0 Å². The Balaban J connectivity index is 2.85. The molecule has 0 atom stereocenters. The molecule has 102 valence electrons. The molecule has 19 heavy (non-hydrogen) atoms. The minimum Gasteiger partial charge on any atom is -0.494 e. The Bertz CT molecular complexity index is 618. The topological polar surface area (TPSA) is 34.2 Å². The van der Waals surface area contributed by atoms with Gasteiger partial charge in [-0.1, -0.05) is 36.7 Å². The van der Waals surface area contributed by atoms with Crippen molar-refractivity contribution in [2.45, 2.75) is 26.2 Å². The van der Waals surface area contributed by atoms with E-state index < -0.39 is 0 Å². The Kier molecular flexibility index (Phi) is 3.72. The summed E-state index contributed by atoms with van der Waals surface area (Å²) in [6, 6.07) is 6.10. The summed E-state index contributed by atoms with van der Waals surface area (Å²) in [6.45, 7) is 6.56. The van der Waals surface area contributed by atoms with Gasteiger partial charge in [0.25, 0.3) is 0 Å². The molecule has 2 aromatic rings. The number of methoxy groups -OCH3 is 1. The number of anilines is 1. The number of nitrogens with zero attached hydrogens (tertiary/aromatic N) is 1. The molecule has 1 N–H and O–H groups in total. The van der Waals surface area contributed by atoms with Crippen molar-refractivity contribution in [2.75, 3.05) is 19.5 Å². The molecule has 0 aliphatic rings. The van der Waals surface area contributed by atoms with Gasteiger partial charge in [-0.3, -0.25) is 0 Å². The molecule has 1 aromatic heterocycles. The minimum absolute atomic E-state index is 0.0298. The van der Waals surface area contributed by atoms with Gasteiger partial charge in [0.05, 0.1) is 7.11 Å². The standard InChI is InChI=1S/C15H19BrN2O/c1-15(2,3)10-8-9-11(16)6-7-12(19-5)13(9)18-14(10)17-4/h6-8H,1-5H3,(H,17,18). The smallest absolute Gasteiger partial charge is 0.145 e. The van der Waals surface area contributed by atoms with Crippen LogP contribution in [0.25, 0.3) is 10.9 Å². The number of nitrogens with one attached hydrogen (secondary N) is 1. The van der Waals surface area contributed by atoms with Crippen molar-refractivity contribution in [1.82, 2.24) is 4.98 Å². The van der Waals surface area contributed by atoms with Crippen molar-refractivity contribution in [3.05, 3.63) is 28.2 Å². The number of benzene rings is 1. The number of ether oxygens (including phenoxy) is 1.